The summed E-state index contributed by atoms with van der Waals surface area (Å²) in [5, 5.41) is 14.1. The molecule has 3 nitrogen and oxygen atoms in total. The zero-order valence-electron chi connectivity index (χ0n) is 13.6. The molecule has 0 radical (unpaired) electrons. The molecule has 1 heterocycles. The van der Waals surface area contributed by atoms with Crippen LogP contribution < -0.4 is 5.32 Å². The average molecular weight is 324 g/mol. The molecule has 0 fully saturated rings. The summed E-state index contributed by atoms with van der Waals surface area (Å²) in [7, 11) is 0. The highest BCUT2D eigenvalue weighted by Crippen LogP contribution is 2.20. The van der Waals surface area contributed by atoms with Crippen molar-refractivity contribution in [1.29, 1.82) is 5.26 Å². The second kappa shape index (κ2) is 7.75. The Morgan fingerprint density at radius 1 is 1.35 bits per heavy atom. The average Bonchev–Trinajstić information content (AvgIpc) is 2.97. The minimum Gasteiger partial charge on any atom is -0.345 e. The molecule has 0 bridgehead atoms. The fourth-order valence-electron chi connectivity index (χ4n) is 2.21. The highest BCUT2D eigenvalue weighted by atomic mass is 32.1. The molecule has 1 N–H and O–H groups in total. The van der Waals surface area contributed by atoms with Crippen LogP contribution in [0.5, 0.6) is 0 Å². The maximum Gasteiger partial charge on any atom is 0.262 e. The molecule has 118 valence electrons. The van der Waals surface area contributed by atoms with Crippen molar-refractivity contribution in [3.8, 4) is 6.07 Å². The number of carbonyl (C=O) groups is 1. The van der Waals surface area contributed by atoms with Crippen molar-refractivity contribution in [3.05, 3.63) is 62.9 Å². The molecular weight excluding hydrogens is 304 g/mol. The predicted octanol–water partition coefficient (Wildman–Crippen LogP) is 4.40. The van der Waals surface area contributed by atoms with Gasteiger partial charge in [-0.05, 0) is 54.5 Å². The smallest absolute Gasteiger partial charge is 0.262 e. The molecule has 4 heteroatoms. The molecule has 0 aliphatic heterocycles. The molecular formula is C19H20N2OS. The molecule has 0 spiro atoms. The van der Waals surface area contributed by atoms with Gasteiger partial charge >= 0.3 is 0 Å². The second-order valence-corrected chi connectivity index (χ2v) is 6.38. The number of rotatable bonds is 5. The molecule has 0 saturated heterocycles. The monoisotopic (exact) mass is 324 g/mol. The number of nitrogens with zero attached hydrogens (tertiary/aromatic N) is 1. The summed E-state index contributed by atoms with van der Waals surface area (Å²) in [6.07, 6.45) is 2.64. The van der Waals surface area contributed by atoms with Crippen LogP contribution in [-0.4, -0.2) is 5.91 Å². The second-order valence-electron chi connectivity index (χ2n) is 5.43. The Hall–Kier alpha value is -2.38. The van der Waals surface area contributed by atoms with Crippen LogP contribution in [0.4, 0.5) is 0 Å². The number of nitrogens with one attached hydrogen (secondary N) is 1. The predicted molar refractivity (Wildman–Crippen MR) is 95.0 cm³/mol. The number of amides is 1. The standard InChI is InChI=1S/C19H20N2OS/c1-4-15-5-7-16(8-6-15)14(3)21-19(22)17(12-20)11-18-13(2)9-10-23-18/h5-11,14H,4H2,1-3H3,(H,21,22)/b17-11+/t14-/m1/s1. The highest BCUT2D eigenvalue weighted by molar-refractivity contribution is 7.11. The number of carbonyl (C=O) groups excluding carboxylic acids is 1. The Morgan fingerprint density at radius 2 is 2.04 bits per heavy atom. The van der Waals surface area contributed by atoms with Crippen LogP contribution in [0.25, 0.3) is 6.08 Å². The molecule has 23 heavy (non-hydrogen) atoms. The largest absolute Gasteiger partial charge is 0.345 e. The van der Waals surface area contributed by atoms with Crippen LogP contribution in [-0.2, 0) is 11.2 Å². The van der Waals surface area contributed by atoms with Crippen LogP contribution in [0.2, 0.25) is 0 Å². The van der Waals surface area contributed by atoms with Gasteiger partial charge in [-0.1, -0.05) is 31.2 Å². The van der Waals surface area contributed by atoms with Gasteiger partial charge in [-0.3, -0.25) is 4.79 Å². The first-order chi connectivity index (χ1) is 11.0. The van der Waals surface area contributed by atoms with Gasteiger partial charge in [-0.2, -0.15) is 5.26 Å². The van der Waals surface area contributed by atoms with Gasteiger partial charge in [0.2, 0.25) is 0 Å². The molecule has 0 aliphatic carbocycles. The molecule has 2 aromatic rings. The van der Waals surface area contributed by atoms with Crippen molar-refractivity contribution < 1.29 is 4.79 Å². The van der Waals surface area contributed by atoms with Crippen LogP contribution >= 0.6 is 11.3 Å². The minimum atomic E-state index is -0.340. The number of aryl methyl sites for hydroxylation is 2. The topological polar surface area (TPSA) is 52.9 Å². The van der Waals surface area contributed by atoms with Crippen molar-refractivity contribution in [1.82, 2.24) is 5.32 Å². The van der Waals surface area contributed by atoms with Crippen LogP contribution in [0.3, 0.4) is 0 Å². The number of benzene rings is 1. The lowest BCUT2D eigenvalue weighted by molar-refractivity contribution is -0.117. The number of hydrogen-bond donors (Lipinski definition) is 1. The SMILES string of the molecule is CCc1ccc([C@@H](C)NC(=O)/C(C#N)=C/c2sccc2C)cc1. The van der Waals surface area contributed by atoms with Gasteiger partial charge in [0, 0.05) is 4.88 Å². The fourth-order valence-corrected chi connectivity index (χ4v) is 3.07. The van der Waals surface area contributed by atoms with E-state index in [9.17, 15) is 10.1 Å². The van der Waals surface area contributed by atoms with Gasteiger partial charge in [0.25, 0.3) is 5.91 Å². The van der Waals surface area contributed by atoms with Crippen molar-refractivity contribution >= 4 is 23.3 Å². The Morgan fingerprint density at radius 3 is 2.57 bits per heavy atom. The van der Waals surface area contributed by atoms with E-state index in [1.54, 1.807) is 6.08 Å². The van der Waals surface area contributed by atoms with Gasteiger partial charge < -0.3 is 5.32 Å². The summed E-state index contributed by atoms with van der Waals surface area (Å²) in [5.41, 5.74) is 3.49. The summed E-state index contributed by atoms with van der Waals surface area (Å²) < 4.78 is 0. The first kappa shape index (κ1) is 17.0. The zero-order valence-corrected chi connectivity index (χ0v) is 14.4. The van der Waals surface area contributed by atoms with Crippen molar-refractivity contribution in [2.75, 3.05) is 0 Å². The van der Waals surface area contributed by atoms with E-state index in [0.29, 0.717) is 0 Å². The maximum atomic E-state index is 12.3. The molecule has 1 amide bonds. The lowest BCUT2D eigenvalue weighted by Crippen LogP contribution is -2.27. The van der Waals surface area contributed by atoms with E-state index in [-0.39, 0.29) is 17.5 Å². The number of thiophene rings is 1. The first-order valence-corrected chi connectivity index (χ1v) is 8.48. The van der Waals surface area contributed by atoms with E-state index in [1.165, 1.54) is 16.9 Å². The number of hydrogen-bond acceptors (Lipinski definition) is 3. The van der Waals surface area contributed by atoms with Gasteiger partial charge in [-0.15, -0.1) is 11.3 Å². The quantitative estimate of drug-likeness (QED) is 0.654. The summed E-state index contributed by atoms with van der Waals surface area (Å²) in [4.78, 5) is 13.3. The lowest BCUT2D eigenvalue weighted by atomic mass is 10.0. The Kier molecular flexibility index (Phi) is 5.72. The van der Waals surface area contributed by atoms with Gasteiger partial charge in [0.05, 0.1) is 6.04 Å². The van der Waals surface area contributed by atoms with E-state index in [1.807, 2.05) is 43.5 Å². The molecule has 1 aromatic heterocycles. The van der Waals surface area contributed by atoms with Gasteiger partial charge in [-0.25, -0.2) is 0 Å². The van der Waals surface area contributed by atoms with Crippen molar-refractivity contribution in [3.63, 3.8) is 0 Å². The summed E-state index contributed by atoms with van der Waals surface area (Å²) in [6, 6.07) is 12.0. The maximum absolute atomic E-state index is 12.3. The van der Waals surface area contributed by atoms with E-state index in [2.05, 4.69) is 24.4 Å². The summed E-state index contributed by atoms with van der Waals surface area (Å²) >= 11 is 1.52. The Labute approximate surface area is 141 Å². The van der Waals surface area contributed by atoms with E-state index in [4.69, 9.17) is 0 Å². The zero-order chi connectivity index (χ0) is 16.8. The normalized spacial score (nSPS) is 12.5. The van der Waals surface area contributed by atoms with Gasteiger partial charge in [0.1, 0.15) is 11.6 Å². The fraction of sp³-hybridized carbons (Fsp3) is 0.263. The van der Waals surface area contributed by atoms with E-state index >= 15 is 0 Å². The van der Waals surface area contributed by atoms with Crippen molar-refractivity contribution in [2.45, 2.75) is 33.2 Å². The molecule has 0 saturated carbocycles. The summed E-state index contributed by atoms with van der Waals surface area (Å²) in [6.45, 7) is 5.99. The molecule has 0 aliphatic rings. The van der Waals surface area contributed by atoms with Crippen LogP contribution in [0, 0.1) is 18.3 Å². The van der Waals surface area contributed by atoms with E-state index in [0.717, 1.165) is 22.4 Å². The first-order valence-electron chi connectivity index (χ1n) is 7.60. The third kappa shape index (κ3) is 4.30. The van der Waals surface area contributed by atoms with E-state index < -0.39 is 0 Å². The Bertz CT molecular complexity index is 750. The third-order valence-corrected chi connectivity index (χ3v) is 4.74. The lowest BCUT2D eigenvalue weighted by Gasteiger charge is -2.14. The van der Waals surface area contributed by atoms with Gasteiger partial charge in [0.15, 0.2) is 0 Å². The highest BCUT2D eigenvalue weighted by Gasteiger charge is 2.14. The Balaban J connectivity index is 2.11. The molecule has 2 rings (SSSR count). The van der Waals surface area contributed by atoms with Crippen molar-refractivity contribution in [2.24, 2.45) is 0 Å². The minimum absolute atomic E-state index is 0.132. The van der Waals surface area contributed by atoms with Crippen LogP contribution in [0.1, 0.15) is 41.5 Å². The summed E-state index contributed by atoms with van der Waals surface area (Å²) in [5.74, 6) is -0.340. The molecule has 0 unspecified atom stereocenters. The third-order valence-electron chi connectivity index (χ3n) is 3.78. The van der Waals surface area contributed by atoms with Crippen LogP contribution in [0.15, 0.2) is 41.3 Å². The molecule has 1 aromatic carbocycles. The number of nitriles is 1. The molecule has 1 atom stereocenters.